The molecule has 1 nitrogen and oxygen atoms in total. The van der Waals surface area contributed by atoms with Gasteiger partial charge in [0.05, 0.1) is 0 Å². The third-order valence-electron chi connectivity index (χ3n) is 4.12. The molecule has 0 amide bonds. The standard InChI is InChI=1S/C20H16O/c1-2-14-10-12-15(13-11-14)16-7-5-8-18-17-6-3-4-9-19(17)21-20(16)18/h2-10,12-13H,11H2,1H3. The molecule has 4 rings (SSSR count). The highest BCUT2D eigenvalue weighted by atomic mass is 16.3. The van der Waals surface area contributed by atoms with Crippen LogP contribution in [-0.2, 0) is 0 Å². The molecule has 1 heterocycles. The van der Waals surface area contributed by atoms with Gasteiger partial charge in [-0.25, -0.2) is 0 Å². The molecule has 1 aliphatic carbocycles. The summed E-state index contributed by atoms with van der Waals surface area (Å²) in [6.07, 6.45) is 9.79. The summed E-state index contributed by atoms with van der Waals surface area (Å²) in [7, 11) is 0. The smallest absolute Gasteiger partial charge is 0.143 e. The maximum atomic E-state index is 6.10. The fraction of sp³-hybridized carbons (Fsp3) is 0.100. The molecule has 0 fully saturated rings. The maximum Gasteiger partial charge on any atom is 0.143 e. The normalized spacial score (nSPS) is 16.8. The minimum atomic E-state index is 0.953. The Morgan fingerprint density at radius 1 is 0.952 bits per heavy atom. The average molecular weight is 272 g/mol. The van der Waals surface area contributed by atoms with E-state index in [1.165, 1.54) is 27.5 Å². The van der Waals surface area contributed by atoms with Crippen molar-refractivity contribution in [2.45, 2.75) is 13.3 Å². The van der Waals surface area contributed by atoms with Crippen LogP contribution in [0.25, 0.3) is 27.5 Å². The highest BCUT2D eigenvalue weighted by Crippen LogP contribution is 2.35. The molecule has 21 heavy (non-hydrogen) atoms. The molecule has 2 aromatic carbocycles. The fourth-order valence-electron chi connectivity index (χ4n) is 2.95. The Morgan fingerprint density at radius 2 is 1.81 bits per heavy atom. The van der Waals surface area contributed by atoms with Crippen molar-refractivity contribution in [1.82, 2.24) is 0 Å². The summed E-state index contributed by atoms with van der Waals surface area (Å²) in [6, 6.07) is 14.6. The Balaban J connectivity index is 1.94. The minimum absolute atomic E-state index is 0.953. The van der Waals surface area contributed by atoms with Crippen molar-refractivity contribution in [2.24, 2.45) is 0 Å². The van der Waals surface area contributed by atoms with Gasteiger partial charge in [-0.3, -0.25) is 0 Å². The third kappa shape index (κ3) is 1.93. The Kier molecular flexibility index (Phi) is 2.78. The summed E-state index contributed by atoms with van der Waals surface area (Å²) in [4.78, 5) is 0. The Bertz CT molecular complexity index is 919. The molecule has 0 atom stereocenters. The van der Waals surface area contributed by atoms with Crippen LogP contribution in [0.4, 0.5) is 0 Å². The van der Waals surface area contributed by atoms with Crippen molar-refractivity contribution in [3.63, 3.8) is 0 Å². The van der Waals surface area contributed by atoms with Crippen LogP contribution < -0.4 is 0 Å². The first-order valence-electron chi connectivity index (χ1n) is 7.31. The molecule has 0 bridgehead atoms. The van der Waals surface area contributed by atoms with E-state index in [0.717, 1.165) is 17.6 Å². The second-order valence-electron chi connectivity index (χ2n) is 5.34. The summed E-state index contributed by atoms with van der Waals surface area (Å²) in [5, 5.41) is 2.37. The van der Waals surface area contributed by atoms with Crippen LogP contribution in [0.1, 0.15) is 18.9 Å². The number of fused-ring (bicyclic) bond motifs is 3. The molecule has 0 saturated carbocycles. The average Bonchev–Trinajstić information content (AvgIpc) is 2.94. The quantitative estimate of drug-likeness (QED) is 0.539. The van der Waals surface area contributed by atoms with Gasteiger partial charge in [-0.2, -0.15) is 0 Å². The van der Waals surface area contributed by atoms with Crippen LogP contribution in [-0.4, -0.2) is 0 Å². The van der Waals surface area contributed by atoms with Crippen molar-refractivity contribution in [3.8, 4) is 0 Å². The van der Waals surface area contributed by atoms with Crippen LogP contribution in [0, 0.1) is 0 Å². The zero-order valence-corrected chi connectivity index (χ0v) is 12.0. The molecule has 102 valence electrons. The molecule has 1 aliphatic rings. The first-order chi connectivity index (χ1) is 10.4. The first kappa shape index (κ1) is 12.2. The third-order valence-corrected chi connectivity index (χ3v) is 4.12. The molecule has 0 spiro atoms. The van der Waals surface area contributed by atoms with E-state index < -0.39 is 0 Å². The molecule has 0 unspecified atom stereocenters. The van der Waals surface area contributed by atoms with Crippen molar-refractivity contribution >= 4 is 27.5 Å². The van der Waals surface area contributed by atoms with Gasteiger partial charge in [-0.1, -0.05) is 60.7 Å². The van der Waals surface area contributed by atoms with E-state index in [0.29, 0.717) is 0 Å². The van der Waals surface area contributed by atoms with Crippen molar-refractivity contribution < 1.29 is 4.42 Å². The highest BCUT2D eigenvalue weighted by molar-refractivity contribution is 6.08. The molecule has 0 N–H and O–H groups in total. The van der Waals surface area contributed by atoms with Crippen LogP contribution in [0.3, 0.4) is 0 Å². The van der Waals surface area contributed by atoms with E-state index in [1.807, 2.05) is 12.1 Å². The van der Waals surface area contributed by atoms with Crippen LogP contribution in [0.5, 0.6) is 0 Å². The number of benzene rings is 2. The predicted molar refractivity (Wildman–Crippen MR) is 89.2 cm³/mol. The topological polar surface area (TPSA) is 13.1 Å². The fourth-order valence-corrected chi connectivity index (χ4v) is 2.95. The number of hydrogen-bond acceptors (Lipinski definition) is 1. The van der Waals surface area contributed by atoms with Gasteiger partial charge in [-0.05, 0) is 30.6 Å². The van der Waals surface area contributed by atoms with Gasteiger partial charge < -0.3 is 4.42 Å². The van der Waals surface area contributed by atoms with E-state index in [2.05, 4.69) is 61.6 Å². The Hall–Kier alpha value is -2.54. The predicted octanol–water partition coefficient (Wildman–Crippen LogP) is 5.88. The van der Waals surface area contributed by atoms with Crippen LogP contribution >= 0.6 is 0 Å². The van der Waals surface area contributed by atoms with Gasteiger partial charge in [0.1, 0.15) is 11.2 Å². The number of hydrogen-bond donors (Lipinski definition) is 0. The largest absolute Gasteiger partial charge is 0.455 e. The zero-order chi connectivity index (χ0) is 14.2. The molecule has 0 radical (unpaired) electrons. The summed E-state index contributed by atoms with van der Waals surface area (Å²) in [5.41, 5.74) is 5.71. The van der Waals surface area contributed by atoms with E-state index in [1.54, 1.807) is 0 Å². The van der Waals surface area contributed by atoms with Gasteiger partial charge in [0.25, 0.3) is 0 Å². The lowest BCUT2D eigenvalue weighted by Crippen LogP contribution is -1.88. The lowest BCUT2D eigenvalue weighted by atomic mass is 9.95. The van der Waals surface area contributed by atoms with Gasteiger partial charge in [-0.15, -0.1) is 0 Å². The molecular formula is C20H16O. The summed E-state index contributed by atoms with van der Waals surface area (Å²) >= 11 is 0. The summed E-state index contributed by atoms with van der Waals surface area (Å²) in [6.45, 7) is 2.08. The van der Waals surface area contributed by atoms with E-state index in [9.17, 15) is 0 Å². The van der Waals surface area contributed by atoms with Gasteiger partial charge in [0.2, 0.25) is 0 Å². The lowest BCUT2D eigenvalue weighted by molar-refractivity contribution is 0.668. The SMILES string of the molecule is CC=C1C=CC(c2cccc3c2oc2ccccc23)=CC1. The van der Waals surface area contributed by atoms with Crippen LogP contribution in [0.2, 0.25) is 0 Å². The van der Waals surface area contributed by atoms with Gasteiger partial charge in [0, 0.05) is 16.3 Å². The molecule has 0 aliphatic heterocycles. The zero-order valence-electron chi connectivity index (χ0n) is 12.0. The molecule has 0 saturated heterocycles. The van der Waals surface area contributed by atoms with Crippen molar-refractivity contribution in [1.29, 1.82) is 0 Å². The van der Waals surface area contributed by atoms with E-state index in [4.69, 9.17) is 4.42 Å². The molecule has 1 aromatic heterocycles. The minimum Gasteiger partial charge on any atom is -0.455 e. The summed E-state index contributed by atoms with van der Waals surface area (Å²) in [5.74, 6) is 0. The highest BCUT2D eigenvalue weighted by Gasteiger charge is 2.13. The monoisotopic (exact) mass is 272 g/mol. The lowest BCUT2D eigenvalue weighted by Gasteiger charge is -2.09. The van der Waals surface area contributed by atoms with Gasteiger partial charge in [0.15, 0.2) is 0 Å². The van der Waals surface area contributed by atoms with Gasteiger partial charge >= 0.3 is 0 Å². The molecule has 1 heteroatoms. The number of para-hydroxylation sites is 2. The first-order valence-corrected chi connectivity index (χ1v) is 7.31. The van der Waals surface area contributed by atoms with E-state index in [-0.39, 0.29) is 0 Å². The van der Waals surface area contributed by atoms with Crippen LogP contribution in [0.15, 0.2) is 76.8 Å². The van der Waals surface area contributed by atoms with E-state index >= 15 is 0 Å². The summed E-state index contributed by atoms with van der Waals surface area (Å²) < 4.78 is 6.10. The molecule has 3 aromatic rings. The maximum absolute atomic E-state index is 6.10. The number of furan rings is 1. The molecular weight excluding hydrogens is 256 g/mol. The second kappa shape index (κ2) is 4.78. The second-order valence-corrected chi connectivity index (χ2v) is 5.34. The number of allylic oxidation sites excluding steroid dienone is 6. The Morgan fingerprint density at radius 3 is 2.62 bits per heavy atom. The Labute approximate surface area is 123 Å². The van der Waals surface area contributed by atoms with Crippen molar-refractivity contribution in [3.05, 3.63) is 77.9 Å². The van der Waals surface area contributed by atoms with Crippen molar-refractivity contribution in [2.75, 3.05) is 0 Å². The number of rotatable bonds is 1.